The molecule has 1 aliphatic heterocycles. The molecule has 1 aromatic heterocycles. The molecule has 1 saturated heterocycles. The molecule has 1 aliphatic rings. The van der Waals surface area contributed by atoms with E-state index in [9.17, 15) is 12.8 Å². The number of hydrogen-bond donors (Lipinski definition) is 3. The van der Waals surface area contributed by atoms with Crippen LogP contribution in [0.5, 0.6) is 0 Å². The first-order valence-electron chi connectivity index (χ1n) is 9.68. The van der Waals surface area contributed by atoms with E-state index in [2.05, 4.69) is 32.2 Å². The number of halogens is 3. The van der Waals surface area contributed by atoms with Gasteiger partial charge in [0.2, 0.25) is 0 Å². The van der Waals surface area contributed by atoms with Crippen LogP contribution in [0.15, 0.2) is 46.1 Å². The van der Waals surface area contributed by atoms with Crippen LogP contribution >= 0.6 is 34.5 Å². The number of rotatable bonds is 6. The van der Waals surface area contributed by atoms with Gasteiger partial charge in [-0.05, 0) is 31.2 Å². The third kappa shape index (κ3) is 5.10. The maximum absolute atomic E-state index is 14.9. The minimum Gasteiger partial charge on any atom is -0.367 e. The largest absolute Gasteiger partial charge is 0.367 e. The Labute approximate surface area is 199 Å². The number of hydrogen-bond acceptors (Lipinski definition) is 7. The maximum atomic E-state index is 14.9. The van der Waals surface area contributed by atoms with Gasteiger partial charge in [0.25, 0.3) is 10.0 Å². The summed E-state index contributed by atoms with van der Waals surface area (Å²) in [6.07, 6.45) is 0. The summed E-state index contributed by atoms with van der Waals surface area (Å²) in [5, 5.41) is 8.65. The van der Waals surface area contributed by atoms with E-state index < -0.39 is 20.7 Å². The van der Waals surface area contributed by atoms with Gasteiger partial charge >= 0.3 is 0 Å². The van der Waals surface area contributed by atoms with Gasteiger partial charge in [0, 0.05) is 42.1 Å². The highest BCUT2D eigenvalue weighted by molar-refractivity contribution is 7.92. The summed E-state index contributed by atoms with van der Waals surface area (Å²) in [4.78, 5) is 5.47. The topological polar surface area (TPSA) is 86.4 Å². The van der Waals surface area contributed by atoms with E-state index in [1.54, 1.807) is 12.1 Å². The van der Waals surface area contributed by atoms with Crippen LogP contribution in [0.4, 0.5) is 27.3 Å². The Hall–Kier alpha value is -2.11. The lowest BCUT2D eigenvalue weighted by Gasteiger charge is -2.35. The first-order chi connectivity index (χ1) is 15.2. The number of benzene rings is 2. The summed E-state index contributed by atoms with van der Waals surface area (Å²) in [7, 11) is -4.19. The molecule has 32 heavy (non-hydrogen) atoms. The Morgan fingerprint density at radius 1 is 1.25 bits per heavy atom. The van der Waals surface area contributed by atoms with Crippen LogP contribution in [0.2, 0.25) is 10.0 Å². The average Bonchev–Trinajstić information content (AvgIpc) is 3.24. The van der Waals surface area contributed by atoms with Crippen LogP contribution in [0.1, 0.15) is 6.92 Å². The lowest BCUT2D eigenvalue weighted by molar-refractivity contribution is 0.485. The van der Waals surface area contributed by atoms with Crippen molar-refractivity contribution in [2.45, 2.75) is 17.9 Å². The molecule has 0 spiro atoms. The van der Waals surface area contributed by atoms with Crippen molar-refractivity contribution < 1.29 is 12.8 Å². The van der Waals surface area contributed by atoms with Crippen molar-refractivity contribution in [3.05, 3.63) is 57.1 Å². The van der Waals surface area contributed by atoms with Gasteiger partial charge in [0.1, 0.15) is 10.7 Å². The lowest BCUT2D eigenvalue weighted by Crippen LogP contribution is -2.49. The normalized spacial score (nSPS) is 16.8. The Bertz CT molecular complexity index is 1220. The zero-order valence-corrected chi connectivity index (χ0v) is 20.0. The zero-order chi connectivity index (χ0) is 22.9. The number of piperazine rings is 1. The highest BCUT2D eigenvalue weighted by Crippen LogP contribution is 2.36. The summed E-state index contributed by atoms with van der Waals surface area (Å²) >= 11 is 13.8. The van der Waals surface area contributed by atoms with Crippen molar-refractivity contribution in [1.29, 1.82) is 0 Å². The highest BCUT2D eigenvalue weighted by Gasteiger charge is 2.24. The van der Waals surface area contributed by atoms with Crippen LogP contribution < -0.4 is 20.3 Å². The minimum atomic E-state index is -4.19. The van der Waals surface area contributed by atoms with Crippen LogP contribution in [-0.2, 0) is 10.0 Å². The minimum absolute atomic E-state index is 0.0552. The van der Waals surface area contributed by atoms with Gasteiger partial charge in [-0.15, -0.1) is 11.3 Å². The first kappa shape index (κ1) is 23.1. The quantitative estimate of drug-likeness (QED) is 0.431. The third-order valence-corrected chi connectivity index (χ3v) is 7.42. The third-order valence-electron chi connectivity index (χ3n) is 4.92. The number of thiazole rings is 1. The summed E-state index contributed by atoms with van der Waals surface area (Å²) in [5.41, 5.74) is 3.24. The van der Waals surface area contributed by atoms with Crippen molar-refractivity contribution in [3.8, 4) is 0 Å². The molecule has 0 saturated carbocycles. The molecular formula is C20H20Cl2FN5O2S2. The molecule has 0 bridgehead atoms. The summed E-state index contributed by atoms with van der Waals surface area (Å²) in [6.45, 7) is 4.47. The monoisotopic (exact) mass is 515 g/mol. The smallest absolute Gasteiger partial charge is 0.266 e. The van der Waals surface area contributed by atoms with Gasteiger partial charge in [-0.25, -0.2) is 17.8 Å². The molecule has 3 aromatic rings. The number of nitrogens with zero attached hydrogens (tertiary/aromatic N) is 2. The first-order valence-corrected chi connectivity index (χ1v) is 12.9. The maximum Gasteiger partial charge on any atom is 0.266 e. The number of sulfonamides is 1. The van der Waals surface area contributed by atoms with Gasteiger partial charge in [0.15, 0.2) is 5.82 Å². The van der Waals surface area contributed by atoms with Crippen molar-refractivity contribution >= 4 is 67.4 Å². The van der Waals surface area contributed by atoms with Gasteiger partial charge in [-0.3, -0.25) is 4.72 Å². The molecule has 0 radical (unpaired) electrons. The van der Waals surface area contributed by atoms with E-state index in [0.717, 1.165) is 37.5 Å². The van der Waals surface area contributed by atoms with E-state index in [1.165, 1.54) is 22.2 Å². The second-order valence-corrected chi connectivity index (χ2v) is 10.5. The molecule has 3 N–H and O–H groups in total. The van der Waals surface area contributed by atoms with E-state index in [4.69, 9.17) is 23.2 Å². The van der Waals surface area contributed by atoms with Crippen LogP contribution in [-0.4, -0.2) is 39.1 Å². The standard InChI is InChI=1S/C20H20Cl2FN5O2S2/c1-12-9-28(5-4-24-12)18-6-13(21)2-3-16(18)26-17-8-15(23)19(7-14(17)22)32(29,30)27-20-10-31-11-25-20/h2-3,6-8,10-12,24,26-27H,4-5,9H2,1H3. The second kappa shape index (κ2) is 9.40. The fourth-order valence-electron chi connectivity index (χ4n) is 3.45. The number of nitrogens with one attached hydrogen (secondary N) is 3. The van der Waals surface area contributed by atoms with Gasteiger partial charge in [0.05, 0.1) is 27.6 Å². The molecule has 1 atom stereocenters. The number of aromatic nitrogens is 1. The Kier molecular flexibility index (Phi) is 6.78. The van der Waals surface area contributed by atoms with E-state index >= 15 is 0 Å². The van der Waals surface area contributed by atoms with Crippen LogP contribution in [0.25, 0.3) is 0 Å². The lowest BCUT2D eigenvalue weighted by atomic mass is 10.1. The molecular weight excluding hydrogens is 496 g/mol. The fraction of sp³-hybridized carbons (Fsp3) is 0.250. The van der Waals surface area contributed by atoms with E-state index in [0.29, 0.717) is 16.8 Å². The van der Waals surface area contributed by atoms with Crippen LogP contribution in [0, 0.1) is 5.82 Å². The molecule has 1 unspecified atom stereocenters. The SMILES string of the molecule is CC1CN(c2cc(Cl)ccc2Nc2cc(F)c(S(=O)(=O)Nc3cscn3)cc2Cl)CCN1. The van der Waals surface area contributed by atoms with Gasteiger partial charge in [-0.2, -0.15) is 0 Å². The molecule has 170 valence electrons. The van der Waals surface area contributed by atoms with Crippen molar-refractivity contribution in [1.82, 2.24) is 10.3 Å². The molecule has 1 fully saturated rings. The van der Waals surface area contributed by atoms with Crippen molar-refractivity contribution in [2.24, 2.45) is 0 Å². The summed E-state index contributed by atoms with van der Waals surface area (Å²) in [6, 6.07) is 7.79. The average molecular weight is 516 g/mol. The van der Waals surface area contributed by atoms with Crippen molar-refractivity contribution in [2.75, 3.05) is 34.6 Å². The van der Waals surface area contributed by atoms with Gasteiger partial charge in [-0.1, -0.05) is 23.2 Å². The summed E-state index contributed by atoms with van der Waals surface area (Å²) in [5.74, 6) is -0.824. The second-order valence-electron chi connectivity index (χ2n) is 7.33. The molecule has 2 heterocycles. The Morgan fingerprint density at radius 2 is 2.06 bits per heavy atom. The summed E-state index contributed by atoms with van der Waals surface area (Å²) < 4.78 is 42.2. The molecule has 4 rings (SSSR count). The number of anilines is 4. The fourth-order valence-corrected chi connectivity index (χ4v) is 5.54. The van der Waals surface area contributed by atoms with E-state index in [-0.39, 0.29) is 16.5 Å². The Balaban J connectivity index is 1.64. The molecule has 0 aliphatic carbocycles. The highest BCUT2D eigenvalue weighted by atomic mass is 35.5. The molecule has 12 heteroatoms. The Morgan fingerprint density at radius 3 is 2.78 bits per heavy atom. The molecule has 2 aromatic carbocycles. The molecule has 0 amide bonds. The van der Waals surface area contributed by atoms with E-state index in [1.807, 2.05) is 6.07 Å². The van der Waals surface area contributed by atoms with Crippen molar-refractivity contribution in [3.63, 3.8) is 0 Å². The van der Waals surface area contributed by atoms with Gasteiger partial charge < -0.3 is 15.5 Å². The molecule has 7 nitrogen and oxygen atoms in total. The van der Waals surface area contributed by atoms with Crippen LogP contribution in [0.3, 0.4) is 0 Å². The predicted molar refractivity (Wildman–Crippen MR) is 129 cm³/mol. The zero-order valence-electron chi connectivity index (χ0n) is 16.9. The predicted octanol–water partition coefficient (Wildman–Crippen LogP) is 4.93.